The van der Waals surface area contributed by atoms with Gasteiger partial charge in [-0.3, -0.25) is 4.79 Å². The van der Waals surface area contributed by atoms with Crippen molar-refractivity contribution in [2.75, 3.05) is 45.8 Å². The number of thioether (sulfide) groups is 1. The van der Waals surface area contributed by atoms with Crippen LogP contribution in [0.5, 0.6) is 5.75 Å². The molecule has 2 aliphatic rings. The summed E-state index contributed by atoms with van der Waals surface area (Å²) in [6.45, 7) is 0.773. The number of rotatable bonds is 4. The van der Waals surface area contributed by atoms with Crippen molar-refractivity contribution in [2.24, 2.45) is 0 Å². The van der Waals surface area contributed by atoms with E-state index in [4.69, 9.17) is 14.2 Å². The number of Topliss-reactive ketones (excluding diaryl/α,β-unsaturated/α-hetero) is 1. The SMILES string of the molecule is COc1ccc2c(c1)S/C(=C1\OC(=O)/C=C/C(=O)OCC1=O)N2CCN(C)C. The van der Waals surface area contributed by atoms with Crippen LogP contribution in [-0.4, -0.2) is 63.5 Å². The van der Waals surface area contributed by atoms with E-state index in [-0.39, 0.29) is 5.76 Å². The van der Waals surface area contributed by atoms with E-state index in [0.717, 1.165) is 22.7 Å². The maximum absolute atomic E-state index is 12.6. The van der Waals surface area contributed by atoms with Crippen LogP contribution in [0, 0.1) is 0 Å². The maximum Gasteiger partial charge on any atom is 0.336 e. The summed E-state index contributed by atoms with van der Waals surface area (Å²) in [5, 5.41) is 0.481. The van der Waals surface area contributed by atoms with Crippen molar-refractivity contribution in [2.45, 2.75) is 4.90 Å². The normalized spacial score (nSPS) is 20.9. The molecule has 2 heterocycles. The number of cyclic esters (lactones) is 2. The molecule has 0 fully saturated rings. The molecular weight excluding hydrogens is 384 g/mol. The predicted molar refractivity (Wildman–Crippen MR) is 103 cm³/mol. The Balaban J connectivity index is 2.04. The van der Waals surface area contributed by atoms with Gasteiger partial charge < -0.3 is 24.0 Å². The number of ketones is 1. The van der Waals surface area contributed by atoms with Gasteiger partial charge in [0.1, 0.15) is 10.8 Å². The van der Waals surface area contributed by atoms with Crippen LogP contribution < -0.4 is 9.64 Å². The summed E-state index contributed by atoms with van der Waals surface area (Å²) < 4.78 is 15.4. The van der Waals surface area contributed by atoms with Gasteiger partial charge in [-0.1, -0.05) is 11.8 Å². The monoisotopic (exact) mass is 404 g/mol. The van der Waals surface area contributed by atoms with E-state index in [9.17, 15) is 14.4 Å². The zero-order valence-corrected chi connectivity index (χ0v) is 16.6. The fraction of sp³-hybridized carbons (Fsp3) is 0.316. The van der Waals surface area contributed by atoms with Gasteiger partial charge >= 0.3 is 11.9 Å². The molecule has 8 nitrogen and oxygen atoms in total. The van der Waals surface area contributed by atoms with E-state index in [1.165, 1.54) is 11.8 Å². The summed E-state index contributed by atoms with van der Waals surface area (Å²) >= 11 is 1.31. The van der Waals surface area contributed by atoms with Crippen LogP contribution in [0.15, 0.2) is 46.0 Å². The molecule has 9 heteroatoms. The van der Waals surface area contributed by atoms with Crippen LogP contribution in [-0.2, 0) is 23.9 Å². The first-order valence-corrected chi connectivity index (χ1v) is 9.33. The number of carbonyl (C=O) groups excluding carboxylic acids is 3. The van der Waals surface area contributed by atoms with Crippen LogP contribution in [0.1, 0.15) is 0 Å². The molecule has 148 valence electrons. The second-order valence-electron chi connectivity index (χ2n) is 6.31. The number of hydrogen-bond donors (Lipinski definition) is 0. The third-order valence-electron chi connectivity index (χ3n) is 4.03. The Morgan fingerprint density at radius 1 is 1.18 bits per heavy atom. The van der Waals surface area contributed by atoms with Crippen LogP contribution in [0.25, 0.3) is 0 Å². The molecule has 0 radical (unpaired) electrons. The van der Waals surface area contributed by atoms with E-state index < -0.39 is 24.3 Å². The zero-order chi connectivity index (χ0) is 20.3. The number of carbonyl (C=O) groups is 3. The first-order chi connectivity index (χ1) is 13.4. The number of hydrogen-bond acceptors (Lipinski definition) is 9. The molecule has 0 amide bonds. The number of likely N-dealkylation sites (N-methyl/N-ethyl adjacent to an activating group) is 1. The van der Waals surface area contributed by atoms with Crippen molar-refractivity contribution in [1.29, 1.82) is 0 Å². The van der Waals surface area contributed by atoms with Gasteiger partial charge in [0.05, 0.1) is 12.8 Å². The predicted octanol–water partition coefficient (Wildman–Crippen LogP) is 1.56. The highest BCUT2D eigenvalue weighted by Gasteiger charge is 2.33. The zero-order valence-electron chi connectivity index (χ0n) is 15.8. The molecule has 0 saturated carbocycles. The summed E-state index contributed by atoms with van der Waals surface area (Å²) in [7, 11) is 5.47. The van der Waals surface area contributed by atoms with Crippen molar-refractivity contribution < 1.29 is 28.6 Å². The Hall–Kier alpha value is -2.78. The van der Waals surface area contributed by atoms with Crippen LogP contribution in [0.4, 0.5) is 5.69 Å². The quantitative estimate of drug-likeness (QED) is 0.548. The molecule has 0 spiro atoms. The highest BCUT2D eigenvalue weighted by molar-refractivity contribution is 8.03. The van der Waals surface area contributed by atoms with Gasteiger partial charge in [0, 0.05) is 30.1 Å². The summed E-state index contributed by atoms with van der Waals surface area (Å²) in [6, 6.07) is 5.58. The van der Waals surface area contributed by atoms with Crippen LogP contribution in [0.2, 0.25) is 0 Å². The Labute approximate surface area is 166 Å². The third-order valence-corrected chi connectivity index (χ3v) is 5.18. The lowest BCUT2D eigenvalue weighted by Gasteiger charge is -2.24. The standard InChI is InChI=1S/C19H20N2O6S/c1-20(2)8-9-21-13-5-4-12(25-3)10-15(13)28-19(21)18-14(22)11-26-16(23)6-7-17(24)27-18/h4-7,10H,8-9,11H2,1-3H3/b7-6+,19-18-. The molecule has 3 rings (SSSR count). The van der Waals surface area contributed by atoms with Gasteiger partial charge in [-0.25, -0.2) is 9.59 Å². The molecule has 0 unspecified atom stereocenters. The Bertz CT molecular complexity index is 877. The third kappa shape index (κ3) is 4.37. The molecule has 0 aliphatic carbocycles. The fourth-order valence-electron chi connectivity index (χ4n) is 2.63. The lowest BCUT2D eigenvalue weighted by Crippen LogP contribution is -2.31. The molecule has 2 aliphatic heterocycles. The number of ether oxygens (including phenoxy) is 3. The fourth-order valence-corrected chi connectivity index (χ4v) is 3.84. The smallest absolute Gasteiger partial charge is 0.336 e. The van der Waals surface area contributed by atoms with Crippen LogP contribution in [0.3, 0.4) is 0 Å². The largest absolute Gasteiger partial charge is 0.497 e. The van der Waals surface area contributed by atoms with Crippen molar-refractivity contribution >= 4 is 35.2 Å². The van der Waals surface area contributed by atoms with Crippen LogP contribution >= 0.6 is 11.8 Å². The number of benzene rings is 1. The number of esters is 2. The average Bonchev–Trinajstić information content (AvgIpc) is 3.05. The lowest BCUT2D eigenvalue weighted by molar-refractivity contribution is -0.143. The van der Waals surface area contributed by atoms with Gasteiger partial charge in [0.2, 0.25) is 11.5 Å². The minimum atomic E-state index is -0.809. The molecule has 0 saturated heterocycles. The maximum atomic E-state index is 12.6. The molecule has 28 heavy (non-hydrogen) atoms. The van der Waals surface area contributed by atoms with Crippen molar-refractivity contribution in [3.63, 3.8) is 0 Å². The first-order valence-electron chi connectivity index (χ1n) is 8.51. The highest BCUT2D eigenvalue weighted by Crippen LogP contribution is 2.48. The molecule has 0 bridgehead atoms. The summed E-state index contributed by atoms with van der Waals surface area (Å²) in [5.41, 5.74) is 0.881. The summed E-state index contributed by atoms with van der Waals surface area (Å²) in [5.74, 6) is -1.62. The number of nitrogens with zero attached hydrogens (tertiary/aromatic N) is 2. The Morgan fingerprint density at radius 3 is 2.64 bits per heavy atom. The average molecular weight is 404 g/mol. The first kappa shape index (κ1) is 20.0. The molecule has 0 N–H and O–H groups in total. The van der Waals surface area contributed by atoms with E-state index in [2.05, 4.69) is 0 Å². The number of methoxy groups -OCH3 is 1. The van der Waals surface area contributed by atoms with E-state index >= 15 is 0 Å². The molecule has 1 aromatic carbocycles. The molecular formula is C19H20N2O6S. The van der Waals surface area contributed by atoms with Crippen molar-refractivity contribution in [3.8, 4) is 5.75 Å². The van der Waals surface area contributed by atoms with E-state index in [1.807, 2.05) is 42.1 Å². The summed E-state index contributed by atoms with van der Waals surface area (Å²) in [6.07, 6.45) is 1.88. The topological polar surface area (TPSA) is 85.4 Å². The van der Waals surface area contributed by atoms with Gasteiger partial charge in [-0.15, -0.1) is 0 Å². The second kappa shape index (κ2) is 8.49. The second-order valence-corrected chi connectivity index (χ2v) is 7.34. The highest BCUT2D eigenvalue weighted by atomic mass is 32.2. The minimum Gasteiger partial charge on any atom is -0.497 e. The van der Waals surface area contributed by atoms with Gasteiger partial charge in [0.15, 0.2) is 6.61 Å². The van der Waals surface area contributed by atoms with Crippen molar-refractivity contribution in [3.05, 3.63) is 41.1 Å². The van der Waals surface area contributed by atoms with Gasteiger partial charge in [-0.05, 0) is 32.3 Å². The van der Waals surface area contributed by atoms with Gasteiger partial charge in [-0.2, -0.15) is 0 Å². The number of fused-ring (bicyclic) bond motifs is 1. The lowest BCUT2D eigenvalue weighted by atomic mass is 10.2. The van der Waals surface area contributed by atoms with E-state index in [1.54, 1.807) is 7.11 Å². The summed E-state index contributed by atoms with van der Waals surface area (Å²) in [4.78, 5) is 41.0. The molecule has 0 aromatic heterocycles. The Morgan fingerprint density at radius 2 is 1.93 bits per heavy atom. The minimum absolute atomic E-state index is 0.136. The number of anilines is 1. The van der Waals surface area contributed by atoms with Gasteiger partial charge in [0.25, 0.3) is 0 Å². The Kier molecular flexibility index (Phi) is 6.05. The van der Waals surface area contributed by atoms with E-state index in [0.29, 0.717) is 23.9 Å². The molecule has 0 atom stereocenters. The molecule has 1 aromatic rings. The van der Waals surface area contributed by atoms with Crippen molar-refractivity contribution in [1.82, 2.24) is 4.90 Å².